The Balaban J connectivity index is 1.58. The summed E-state index contributed by atoms with van der Waals surface area (Å²) in [7, 11) is 1.51. The Morgan fingerprint density at radius 3 is 2.65 bits per heavy atom. The van der Waals surface area contributed by atoms with E-state index in [2.05, 4.69) is 20.8 Å². The van der Waals surface area contributed by atoms with E-state index < -0.39 is 12.0 Å². The molecule has 0 aliphatic carbocycles. The molecule has 180 valence electrons. The van der Waals surface area contributed by atoms with Crippen LogP contribution in [0.1, 0.15) is 36.2 Å². The van der Waals surface area contributed by atoms with Crippen molar-refractivity contribution in [2.75, 3.05) is 20.2 Å². The van der Waals surface area contributed by atoms with Gasteiger partial charge in [-0.15, -0.1) is 5.10 Å². The number of halogens is 3. The van der Waals surface area contributed by atoms with Crippen LogP contribution in [0.2, 0.25) is 0 Å². The van der Waals surface area contributed by atoms with E-state index in [1.165, 1.54) is 13.2 Å². The van der Waals surface area contributed by atoms with Crippen molar-refractivity contribution in [2.24, 2.45) is 0 Å². The van der Waals surface area contributed by atoms with Gasteiger partial charge in [-0.2, -0.15) is 17.9 Å². The number of carbonyl (C=O) groups is 1. The zero-order chi connectivity index (χ0) is 24.3. The van der Waals surface area contributed by atoms with Crippen LogP contribution in [0.3, 0.4) is 0 Å². The van der Waals surface area contributed by atoms with Crippen molar-refractivity contribution in [1.29, 1.82) is 0 Å². The van der Waals surface area contributed by atoms with Gasteiger partial charge in [-0.1, -0.05) is 30.3 Å². The number of ether oxygens (including phenoxy) is 1. The summed E-state index contributed by atoms with van der Waals surface area (Å²) in [5.41, 5.74) is 1.97. The molecule has 4 rings (SSSR count). The third-order valence-corrected chi connectivity index (χ3v) is 6.07. The monoisotopic (exact) mass is 474 g/mol. The number of alkyl halides is 3. The summed E-state index contributed by atoms with van der Waals surface area (Å²) in [5.74, 6) is -0.548. The molecule has 1 aromatic heterocycles. The predicted octanol–water partition coefficient (Wildman–Crippen LogP) is 3.18. The fourth-order valence-electron chi connectivity index (χ4n) is 4.33. The van der Waals surface area contributed by atoms with E-state index in [0.29, 0.717) is 35.6 Å². The van der Waals surface area contributed by atoms with Gasteiger partial charge in [0, 0.05) is 44.1 Å². The fraction of sp³-hybridized carbons (Fsp3) is 0.391. The lowest BCUT2D eigenvalue weighted by Crippen LogP contribution is -2.49. The number of nitrogens with zero attached hydrogens (tertiary/aromatic N) is 5. The van der Waals surface area contributed by atoms with Crippen molar-refractivity contribution in [1.82, 2.24) is 30.4 Å². The maximum atomic E-state index is 13.3. The highest BCUT2D eigenvalue weighted by molar-refractivity contribution is 5.73. The van der Waals surface area contributed by atoms with Crippen LogP contribution in [0.5, 0.6) is 5.75 Å². The molecule has 1 saturated heterocycles. The number of amides is 1. The summed E-state index contributed by atoms with van der Waals surface area (Å²) in [6.45, 7) is 3.15. The Morgan fingerprint density at radius 2 is 1.97 bits per heavy atom. The molecule has 34 heavy (non-hydrogen) atoms. The summed E-state index contributed by atoms with van der Waals surface area (Å²) in [6, 6.07) is 14.7. The van der Waals surface area contributed by atoms with E-state index in [4.69, 9.17) is 4.74 Å². The molecule has 0 spiro atoms. The van der Waals surface area contributed by atoms with Gasteiger partial charge in [0.05, 0.1) is 12.8 Å². The molecule has 0 radical (unpaired) electrons. The highest BCUT2D eigenvalue weighted by Crippen LogP contribution is 2.31. The molecule has 1 aliphatic rings. The van der Waals surface area contributed by atoms with Crippen molar-refractivity contribution in [3.8, 4) is 11.4 Å². The minimum atomic E-state index is -4.69. The first kappa shape index (κ1) is 23.7. The van der Waals surface area contributed by atoms with Gasteiger partial charge in [-0.25, -0.2) is 0 Å². The van der Waals surface area contributed by atoms with Crippen LogP contribution < -0.4 is 10.1 Å². The summed E-state index contributed by atoms with van der Waals surface area (Å²) >= 11 is 0. The Hall–Kier alpha value is -3.47. The molecule has 1 N–H and O–H groups in total. The molecule has 1 amide bonds. The summed E-state index contributed by atoms with van der Waals surface area (Å²) in [6.07, 6.45) is -3.94. The number of tetrazole rings is 1. The molecular weight excluding hydrogens is 449 g/mol. The molecule has 3 aromatic rings. The van der Waals surface area contributed by atoms with Crippen molar-refractivity contribution in [3.63, 3.8) is 0 Å². The van der Waals surface area contributed by atoms with Crippen LogP contribution in [0.4, 0.5) is 13.2 Å². The number of benzene rings is 2. The van der Waals surface area contributed by atoms with Gasteiger partial charge in [0.15, 0.2) is 0 Å². The second-order valence-electron chi connectivity index (χ2n) is 8.17. The number of likely N-dealkylation sites (tertiary alicyclic amines) is 1. The van der Waals surface area contributed by atoms with E-state index in [0.717, 1.165) is 12.0 Å². The Labute approximate surface area is 194 Å². The first-order chi connectivity index (χ1) is 16.3. The third kappa shape index (κ3) is 5.04. The summed E-state index contributed by atoms with van der Waals surface area (Å²) in [4.78, 5) is 13.8. The van der Waals surface area contributed by atoms with Crippen LogP contribution in [0.25, 0.3) is 5.69 Å². The highest BCUT2D eigenvalue weighted by atomic mass is 19.4. The Morgan fingerprint density at radius 1 is 1.21 bits per heavy atom. The summed E-state index contributed by atoms with van der Waals surface area (Å²) < 4.78 is 45.9. The molecule has 8 nitrogen and oxygen atoms in total. The van der Waals surface area contributed by atoms with Crippen molar-refractivity contribution in [2.45, 2.75) is 38.0 Å². The quantitative estimate of drug-likeness (QED) is 0.591. The molecule has 0 saturated carbocycles. The first-order valence-electron chi connectivity index (χ1n) is 10.8. The van der Waals surface area contributed by atoms with Crippen LogP contribution >= 0.6 is 0 Å². The molecular formula is C23H25F3N6O2. The fourth-order valence-corrected chi connectivity index (χ4v) is 4.33. The average Bonchev–Trinajstić information content (AvgIpc) is 3.34. The van der Waals surface area contributed by atoms with Crippen LogP contribution in [-0.2, 0) is 17.5 Å². The highest BCUT2D eigenvalue weighted by Gasteiger charge is 2.38. The number of nitrogens with one attached hydrogen (secondary N) is 1. The molecule has 2 aromatic carbocycles. The summed E-state index contributed by atoms with van der Waals surface area (Å²) in [5, 5.41) is 13.4. The second-order valence-corrected chi connectivity index (χ2v) is 8.17. The van der Waals surface area contributed by atoms with Gasteiger partial charge in [0.1, 0.15) is 5.75 Å². The van der Waals surface area contributed by atoms with Gasteiger partial charge in [-0.05, 0) is 40.6 Å². The van der Waals surface area contributed by atoms with Gasteiger partial charge >= 0.3 is 6.18 Å². The minimum Gasteiger partial charge on any atom is -0.496 e. The lowest BCUT2D eigenvalue weighted by molar-refractivity contribution is -0.146. The maximum absolute atomic E-state index is 13.3. The maximum Gasteiger partial charge on any atom is 0.453 e. The largest absolute Gasteiger partial charge is 0.496 e. The Kier molecular flexibility index (Phi) is 6.82. The zero-order valence-corrected chi connectivity index (χ0v) is 18.8. The van der Waals surface area contributed by atoms with E-state index in [-0.39, 0.29) is 23.6 Å². The smallest absolute Gasteiger partial charge is 0.453 e. The second kappa shape index (κ2) is 9.80. The van der Waals surface area contributed by atoms with Gasteiger partial charge in [0.25, 0.3) is 5.82 Å². The van der Waals surface area contributed by atoms with Gasteiger partial charge in [0.2, 0.25) is 5.91 Å². The van der Waals surface area contributed by atoms with E-state index in [1.807, 2.05) is 35.2 Å². The molecule has 2 atom stereocenters. The molecule has 0 bridgehead atoms. The first-order valence-corrected chi connectivity index (χ1v) is 10.8. The predicted molar refractivity (Wildman–Crippen MR) is 117 cm³/mol. The average molecular weight is 474 g/mol. The van der Waals surface area contributed by atoms with Crippen LogP contribution in [0, 0.1) is 0 Å². The van der Waals surface area contributed by atoms with Crippen molar-refractivity contribution in [3.05, 3.63) is 65.5 Å². The van der Waals surface area contributed by atoms with Crippen molar-refractivity contribution >= 4 is 5.91 Å². The zero-order valence-electron chi connectivity index (χ0n) is 18.8. The molecule has 1 fully saturated rings. The lowest BCUT2D eigenvalue weighted by Gasteiger charge is -2.39. The van der Waals surface area contributed by atoms with Crippen LogP contribution in [0.15, 0.2) is 48.5 Å². The number of rotatable bonds is 6. The normalized spacial score (nSPS) is 18.7. The topological polar surface area (TPSA) is 85.2 Å². The number of carbonyl (C=O) groups excluding carboxylic acids is 1. The third-order valence-electron chi connectivity index (χ3n) is 6.07. The number of hydrogen-bond donors (Lipinski definition) is 1. The molecule has 2 heterocycles. The number of methoxy groups -OCH3 is 1. The Bertz CT molecular complexity index is 1140. The van der Waals surface area contributed by atoms with E-state index in [1.54, 1.807) is 19.1 Å². The van der Waals surface area contributed by atoms with Gasteiger partial charge in [-0.3, -0.25) is 4.79 Å². The van der Waals surface area contributed by atoms with Crippen molar-refractivity contribution < 1.29 is 22.7 Å². The van der Waals surface area contributed by atoms with E-state index in [9.17, 15) is 18.0 Å². The van der Waals surface area contributed by atoms with Crippen LogP contribution in [-0.4, -0.2) is 57.3 Å². The molecule has 1 aliphatic heterocycles. The standard InChI is InChI=1S/C23H25F3N6O2/c1-15(33)31-11-10-20(19(14-31)16-6-4-3-5-7-16)27-13-17-12-18(8-9-21(17)34-2)32-22(23(24,25)26)28-29-30-32/h3-9,12,19-20,27H,10-11,13-14H2,1-2H3. The molecule has 2 unspecified atom stereocenters. The van der Waals surface area contributed by atoms with Gasteiger partial charge < -0.3 is 15.0 Å². The number of aromatic nitrogens is 4. The minimum absolute atomic E-state index is 0.0376. The molecule has 11 heteroatoms. The lowest BCUT2D eigenvalue weighted by atomic mass is 9.85. The SMILES string of the molecule is COc1ccc(-n2nnnc2C(F)(F)F)cc1CNC1CCN(C(C)=O)CC1c1ccccc1. The van der Waals surface area contributed by atoms with E-state index >= 15 is 0 Å². The number of hydrogen-bond acceptors (Lipinski definition) is 6. The number of piperidine rings is 1.